The van der Waals surface area contributed by atoms with E-state index in [-0.39, 0.29) is 24.2 Å². The van der Waals surface area contributed by atoms with E-state index in [0.717, 1.165) is 18.8 Å². The number of carbonyl (C=O) groups excluding carboxylic acids is 1. The van der Waals surface area contributed by atoms with E-state index in [1.54, 1.807) is 23.1 Å². The predicted molar refractivity (Wildman–Crippen MR) is 94.7 cm³/mol. The van der Waals surface area contributed by atoms with E-state index in [4.69, 9.17) is 4.74 Å². The minimum absolute atomic E-state index is 0.0636. The topological polar surface area (TPSA) is 72.3 Å². The highest BCUT2D eigenvalue weighted by atomic mass is 16.5. The maximum atomic E-state index is 12.4. The van der Waals surface area contributed by atoms with Crippen LogP contribution in [0.15, 0.2) is 36.9 Å². The number of benzene rings is 1. The molecule has 3 rings (SSSR count). The van der Waals surface area contributed by atoms with Gasteiger partial charge in [0.1, 0.15) is 12.7 Å². The molecular weight excluding hydrogens is 318 g/mol. The van der Waals surface area contributed by atoms with Gasteiger partial charge in [-0.25, -0.2) is 9.67 Å². The van der Waals surface area contributed by atoms with Gasteiger partial charge in [0.05, 0.1) is 17.9 Å². The predicted octanol–water partition coefficient (Wildman–Crippen LogP) is 1.49. The summed E-state index contributed by atoms with van der Waals surface area (Å²) in [5.41, 5.74) is 1.51. The van der Waals surface area contributed by atoms with Crippen molar-refractivity contribution in [1.29, 1.82) is 0 Å². The Labute approximate surface area is 148 Å². The number of amides is 1. The average molecular weight is 343 g/mol. The number of carbonyl (C=O) groups is 1. The van der Waals surface area contributed by atoms with Crippen molar-refractivity contribution in [2.75, 3.05) is 19.6 Å². The van der Waals surface area contributed by atoms with Crippen LogP contribution in [0.5, 0.6) is 0 Å². The third-order valence-corrected chi connectivity index (χ3v) is 4.44. The zero-order chi connectivity index (χ0) is 17.8. The van der Waals surface area contributed by atoms with Crippen molar-refractivity contribution in [3.8, 4) is 5.69 Å². The van der Waals surface area contributed by atoms with Gasteiger partial charge >= 0.3 is 0 Å². The second kappa shape index (κ2) is 7.76. The van der Waals surface area contributed by atoms with Crippen LogP contribution in [0.1, 0.15) is 31.1 Å². The molecule has 1 N–H and O–H groups in total. The minimum atomic E-state index is -0.0636. The van der Waals surface area contributed by atoms with E-state index in [1.165, 1.54) is 6.33 Å². The first kappa shape index (κ1) is 17.6. The molecule has 1 aromatic heterocycles. The summed E-state index contributed by atoms with van der Waals surface area (Å²) in [6.07, 6.45) is 3.56. The van der Waals surface area contributed by atoms with Crippen molar-refractivity contribution >= 4 is 5.91 Å². The Morgan fingerprint density at radius 3 is 2.56 bits per heavy atom. The molecule has 0 saturated carbocycles. The van der Waals surface area contributed by atoms with Crippen molar-refractivity contribution in [2.24, 2.45) is 0 Å². The summed E-state index contributed by atoms with van der Waals surface area (Å²) in [7, 11) is 0. The fourth-order valence-electron chi connectivity index (χ4n) is 3.16. The summed E-state index contributed by atoms with van der Waals surface area (Å²) >= 11 is 0. The van der Waals surface area contributed by atoms with Gasteiger partial charge in [-0.15, -0.1) is 0 Å². The van der Waals surface area contributed by atoms with Gasteiger partial charge in [0, 0.05) is 31.2 Å². The fourth-order valence-corrected chi connectivity index (χ4v) is 3.16. The zero-order valence-corrected chi connectivity index (χ0v) is 14.9. The number of aromatic nitrogens is 3. The van der Waals surface area contributed by atoms with E-state index >= 15 is 0 Å². The molecule has 7 heteroatoms. The fraction of sp³-hybridized carbons (Fsp3) is 0.500. The molecule has 1 saturated heterocycles. The molecule has 0 spiro atoms. The number of nitrogens with zero attached hydrogens (tertiary/aromatic N) is 4. The number of hydrogen-bond acceptors (Lipinski definition) is 5. The quantitative estimate of drug-likeness (QED) is 0.891. The summed E-state index contributed by atoms with van der Waals surface area (Å²) in [6, 6.07) is 7.59. The van der Waals surface area contributed by atoms with Crippen LogP contribution < -0.4 is 5.32 Å². The molecule has 0 unspecified atom stereocenters. The third-order valence-electron chi connectivity index (χ3n) is 4.44. The normalized spacial score (nSPS) is 22.5. The Morgan fingerprint density at radius 2 is 1.96 bits per heavy atom. The van der Waals surface area contributed by atoms with E-state index in [0.29, 0.717) is 12.1 Å². The number of rotatable bonds is 5. The summed E-state index contributed by atoms with van der Waals surface area (Å²) < 4.78 is 7.42. The van der Waals surface area contributed by atoms with E-state index < -0.39 is 0 Å². The molecule has 0 aliphatic carbocycles. The van der Waals surface area contributed by atoms with Gasteiger partial charge in [-0.1, -0.05) is 0 Å². The molecule has 1 amide bonds. The Morgan fingerprint density at radius 1 is 1.28 bits per heavy atom. The molecule has 2 aromatic rings. The van der Waals surface area contributed by atoms with Gasteiger partial charge in [-0.2, -0.15) is 5.10 Å². The highest BCUT2D eigenvalue weighted by Gasteiger charge is 2.25. The Hall–Kier alpha value is -2.25. The van der Waals surface area contributed by atoms with Crippen molar-refractivity contribution in [3.63, 3.8) is 0 Å². The van der Waals surface area contributed by atoms with Gasteiger partial charge in [0.15, 0.2) is 0 Å². The first-order valence-electron chi connectivity index (χ1n) is 8.65. The van der Waals surface area contributed by atoms with Crippen LogP contribution in [0, 0.1) is 0 Å². The van der Waals surface area contributed by atoms with Crippen molar-refractivity contribution in [2.45, 2.75) is 39.0 Å². The number of ether oxygens (including phenoxy) is 1. The van der Waals surface area contributed by atoms with Crippen molar-refractivity contribution < 1.29 is 9.53 Å². The van der Waals surface area contributed by atoms with E-state index in [9.17, 15) is 4.79 Å². The van der Waals surface area contributed by atoms with Gasteiger partial charge in [0.25, 0.3) is 5.91 Å². The largest absolute Gasteiger partial charge is 0.373 e. The van der Waals surface area contributed by atoms with Gasteiger partial charge in [-0.3, -0.25) is 9.69 Å². The lowest BCUT2D eigenvalue weighted by Gasteiger charge is -2.39. The van der Waals surface area contributed by atoms with Crippen molar-refractivity contribution in [1.82, 2.24) is 25.0 Å². The molecule has 1 aromatic carbocycles. The monoisotopic (exact) mass is 343 g/mol. The molecule has 2 heterocycles. The van der Waals surface area contributed by atoms with Crippen LogP contribution in [0.4, 0.5) is 0 Å². The average Bonchev–Trinajstić information content (AvgIpc) is 3.13. The Bertz CT molecular complexity index is 676. The maximum absolute atomic E-state index is 12.4. The minimum Gasteiger partial charge on any atom is -0.373 e. The summed E-state index contributed by atoms with van der Waals surface area (Å²) in [4.78, 5) is 18.7. The number of morpholine rings is 1. The lowest BCUT2D eigenvalue weighted by molar-refractivity contribution is -0.0778. The van der Waals surface area contributed by atoms with Crippen LogP contribution in [0.25, 0.3) is 5.69 Å². The van der Waals surface area contributed by atoms with Crippen LogP contribution in [0.3, 0.4) is 0 Å². The molecule has 1 fully saturated rings. The third kappa shape index (κ3) is 4.43. The lowest BCUT2D eigenvalue weighted by atomic mass is 10.1. The molecule has 3 atom stereocenters. The first-order chi connectivity index (χ1) is 12.0. The highest BCUT2D eigenvalue weighted by molar-refractivity contribution is 5.94. The molecule has 7 nitrogen and oxygen atoms in total. The molecular formula is C18H25N5O2. The SMILES string of the molecule is C[C@@H]1CN([C@@H](C)CNC(=O)c2ccc(-n3cncn3)cc2)C[C@H](C)O1. The summed E-state index contributed by atoms with van der Waals surface area (Å²) in [6.45, 7) is 8.72. The van der Waals surface area contributed by atoms with Gasteiger partial charge in [-0.05, 0) is 45.0 Å². The Balaban J connectivity index is 1.53. The van der Waals surface area contributed by atoms with Gasteiger partial charge in [0.2, 0.25) is 0 Å². The molecule has 1 aliphatic rings. The lowest BCUT2D eigenvalue weighted by Crippen LogP contribution is -2.52. The molecule has 134 valence electrons. The summed E-state index contributed by atoms with van der Waals surface area (Å²) in [5.74, 6) is -0.0636. The second-order valence-electron chi connectivity index (χ2n) is 6.66. The van der Waals surface area contributed by atoms with Crippen LogP contribution >= 0.6 is 0 Å². The van der Waals surface area contributed by atoms with Crippen LogP contribution in [0.2, 0.25) is 0 Å². The van der Waals surface area contributed by atoms with Gasteiger partial charge < -0.3 is 10.1 Å². The van der Waals surface area contributed by atoms with E-state index in [2.05, 4.69) is 41.1 Å². The standard InChI is InChI=1S/C18H25N5O2/c1-13(22-9-14(2)25-15(3)10-22)8-20-18(24)16-4-6-17(7-5-16)23-12-19-11-21-23/h4-7,11-15H,8-10H2,1-3H3,(H,20,24)/t13-,14-,15+/m0/s1. The number of nitrogens with one attached hydrogen (secondary N) is 1. The zero-order valence-electron chi connectivity index (χ0n) is 14.9. The maximum Gasteiger partial charge on any atom is 0.251 e. The van der Waals surface area contributed by atoms with Crippen LogP contribution in [-0.4, -0.2) is 63.5 Å². The molecule has 0 radical (unpaired) electrons. The smallest absolute Gasteiger partial charge is 0.251 e. The summed E-state index contributed by atoms with van der Waals surface area (Å²) in [5, 5.41) is 7.10. The number of hydrogen-bond donors (Lipinski definition) is 1. The highest BCUT2D eigenvalue weighted by Crippen LogP contribution is 2.13. The molecule has 0 bridgehead atoms. The Kier molecular flexibility index (Phi) is 5.45. The molecule has 25 heavy (non-hydrogen) atoms. The van der Waals surface area contributed by atoms with E-state index in [1.807, 2.05) is 12.1 Å². The van der Waals surface area contributed by atoms with Crippen molar-refractivity contribution in [3.05, 3.63) is 42.5 Å². The molecule has 1 aliphatic heterocycles. The van der Waals surface area contributed by atoms with Crippen LogP contribution in [-0.2, 0) is 4.74 Å². The first-order valence-corrected chi connectivity index (χ1v) is 8.65. The second-order valence-corrected chi connectivity index (χ2v) is 6.66.